The summed E-state index contributed by atoms with van der Waals surface area (Å²) in [6.45, 7) is 2.29. The third kappa shape index (κ3) is 3.38. The molecule has 1 aromatic carbocycles. The van der Waals surface area contributed by atoms with Crippen LogP contribution in [0.5, 0.6) is 0 Å². The second-order valence-electron chi connectivity index (χ2n) is 4.15. The Morgan fingerprint density at radius 3 is 2.58 bits per heavy atom. The van der Waals surface area contributed by atoms with Crippen LogP contribution in [0.3, 0.4) is 0 Å². The van der Waals surface area contributed by atoms with Crippen molar-refractivity contribution in [1.29, 1.82) is 0 Å². The molecule has 0 radical (unpaired) electrons. The van der Waals surface area contributed by atoms with Gasteiger partial charge in [-0.05, 0) is 30.7 Å². The van der Waals surface area contributed by atoms with E-state index < -0.39 is 4.92 Å². The second kappa shape index (κ2) is 5.62. The molecule has 19 heavy (non-hydrogen) atoms. The van der Waals surface area contributed by atoms with Gasteiger partial charge < -0.3 is 9.73 Å². The van der Waals surface area contributed by atoms with E-state index in [1.54, 1.807) is 18.2 Å². The van der Waals surface area contributed by atoms with E-state index in [0.29, 0.717) is 12.3 Å². The SMILES string of the molecule is CC(NCc1ccc([N+](=O)[O-])o1)c1ccc(F)cc1. The predicted molar refractivity (Wildman–Crippen MR) is 67.0 cm³/mol. The van der Waals surface area contributed by atoms with Crippen LogP contribution >= 0.6 is 0 Å². The topological polar surface area (TPSA) is 68.3 Å². The summed E-state index contributed by atoms with van der Waals surface area (Å²) in [5.41, 5.74) is 0.933. The smallest absolute Gasteiger partial charge is 0.404 e. The summed E-state index contributed by atoms with van der Waals surface area (Å²) in [5, 5.41) is 13.6. The van der Waals surface area contributed by atoms with Crippen LogP contribution < -0.4 is 5.32 Å². The molecule has 2 rings (SSSR count). The van der Waals surface area contributed by atoms with Gasteiger partial charge in [-0.2, -0.15) is 0 Å². The van der Waals surface area contributed by atoms with Crippen molar-refractivity contribution in [2.75, 3.05) is 0 Å². The minimum absolute atomic E-state index is 0.00949. The Morgan fingerprint density at radius 2 is 2.00 bits per heavy atom. The average Bonchev–Trinajstić information content (AvgIpc) is 2.86. The largest absolute Gasteiger partial charge is 0.433 e. The van der Waals surface area contributed by atoms with Gasteiger partial charge in [-0.1, -0.05) is 12.1 Å². The highest BCUT2D eigenvalue weighted by Gasteiger charge is 2.12. The lowest BCUT2D eigenvalue weighted by atomic mass is 10.1. The first kappa shape index (κ1) is 13.2. The number of nitro groups is 1. The molecular weight excluding hydrogens is 251 g/mol. The molecule has 1 atom stereocenters. The number of hydrogen-bond acceptors (Lipinski definition) is 4. The molecule has 0 aliphatic carbocycles. The van der Waals surface area contributed by atoms with Crippen LogP contribution in [0.2, 0.25) is 0 Å². The van der Waals surface area contributed by atoms with Crippen LogP contribution in [0.4, 0.5) is 10.3 Å². The summed E-state index contributed by atoms with van der Waals surface area (Å²) in [7, 11) is 0. The molecule has 0 amide bonds. The maximum absolute atomic E-state index is 12.8. The highest BCUT2D eigenvalue weighted by molar-refractivity contribution is 5.20. The van der Waals surface area contributed by atoms with Crippen LogP contribution in [-0.2, 0) is 6.54 Å². The zero-order valence-corrected chi connectivity index (χ0v) is 10.3. The number of nitrogens with one attached hydrogen (secondary N) is 1. The Hall–Kier alpha value is -2.21. The number of hydrogen-bond donors (Lipinski definition) is 1. The monoisotopic (exact) mass is 264 g/mol. The van der Waals surface area contributed by atoms with Gasteiger partial charge in [0, 0.05) is 6.04 Å². The molecular formula is C13H13FN2O3. The molecule has 2 aromatic rings. The first-order valence-electron chi connectivity index (χ1n) is 5.78. The fourth-order valence-corrected chi connectivity index (χ4v) is 1.68. The van der Waals surface area contributed by atoms with Gasteiger partial charge in [0.05, 0.1) is 12.6 Å². The molecule has 0 bridgehead atoms. The number of furan rings is 1. The number of rotatable bonds is 5. The van der Waals surface area contributed by atoms with Gasteiger partial charge in [-0.25, -0.2) is 4.39 Å². The lowest BCUT2D eigenvalue weighted by molar-refractivity contribution is -0.402. The summed E-state index contributed by atoms with van der Waals surface area (Å²) < 4.78 is 17.8. The third-order valence-electron chi connectivity index (χ3n) is 2.78. The highest BCUT2D eigenvalue weighted by atomic mass is 19.1. The Bertz CT molecular complexity index is 566. The molecule has 0 fully saturated rings. The van der Waals surface area contributed by atoms with Crippen molar-refractivity contribution in [3.63, 3.8) is 0 Å². The first-order valence-corrected chi connectivity index (χ1v) is 5.78. The Morgan fingerprint density at radius 1 is 1.32 bits per heavy atom. The molecule has 1 aromatic heterocycles. The van der Waals surface area contributed by atoms with Crippen molar-refractivity contribution in [2.45, 2.75) is 19.5 Å². The second-order valence-corrected chi connectivity index (χ2v) is 4.15. The van der Waals surface area contributed by atoms with Crippen molar-refractivity contribution >= 4 is 5.88 Å². The zero-order chi connectivity index (χ0) is 13.8. The van der Waals surface area contributed by atoms with Crippen molar-refractivity contribution < 1.29 is 13.7 Å². The minimum Gasteiger partial charge on any atom is -0.404 e. The van der Waals surface area contributed by atoms with Crippen LogP contribution in [0, 0.1) is 15.9 Å². The van der Waals surface area contributed by atoms with Crippen molar-refractivity contribution in [1.82, 2.24) is 5.32 Å². The van der Waals surface area contributed by atoms with Gasteiger partial charge in [-0.3, -0.25) is 10.1 Å². The molecule has 0 spiro atoms. The maximum atomic E-state index is 12.8. The van der Waals surface area contributed by atoms with E-state index >= 15 is 0 Å². The standard InChI is InChI=1S/C13H13FN2O3/c1-9(10-2-4-11(14)5-3-10)15-8-12-6-7-13(19-12)16(17)18/h2-7,9,15H,8H2,1H3. The van der Waals surface area contributed by atoms with Gasteiger partial charge in [0.2, 0.25) is 0 Å². The number of halogens is 1. The molecule has 0 saturated carbocycles. The molecule has 1 N–H and O–H groups in total. The summed E-state index contributed by atoms with van der Waals surface area (Å²) in [4.78, 5) is 9.89. The predicted octanol–water partition coefficient (Wildman–Crippen LogP) is 3.18. The van der Waals surface area contributed by atoms with Gasteiger partial charge >= 0.3 is 5.88 Å². The lowest BCUT2D eigenvalue weighted by Gasteiger charge is -2.12. The average molecular weight is 264 g/mol. The van der Waals surface area contributed by atoms with E-state index in [1.165, 1.54) is 18.2 Å². The fraction of sp³-hybridized carbons (Fsp3) is 0.231. The van der Waals surface area contributed by atoms with E-state index in [2.05, 4.69) is 5.32 Å². The molecule has 6 heteroatoms. The normalized spacial score (nSPS) is 12.3. The minimum atomic E-state index is -0.576. The summed E-state index contributed by atoms with van der Waals surface area (Å²) in [6.07, 6.45) is 0. The maximum Gasteiger partial charge on any atom is 0.433 e. The molecule has 1 unspecified atom stereocenters. The highest BCUT2D eigenvalue weighted by Crippen LogP contribution is 2.17. The molecule has 0 aliphatic rings. The molecule has 0 saturated heterocycles. The Balaban J connectivity index is 1.94. The van der Waals surface area contributed by atoms with E-state index in [9.17, 15) is 14.5 Å². The van der Waals surface area contributed by atoms with Crippen LogP contribution in [0.1, 0.15) is 24.3 Å². The van der Waals surface area contributed by atoms with Crippen LogP contribution in [0.25, 0.3) is 0 Å². The van der Waals surface area contributed by atoms with Gasteiger partial charge in [0.1, 0.15) is 16.5 Å². The molecule has 1 heterocycles. The van der Waals surface area contributed by atoms with E-state index in [0.717, 1.165) is 5.56 Å². The third-order valence-corrected chi connectivity index (χ3v) is 2.78. The fourth-order valence-electron chi connectivity index (χ4n) is 1.68. The summed E-state index contributed by atoms with van der Waals surface area (Å²) in [5.74, 6) is -0.0653. The number of benzene rings is 1. The molecule has 100 valence electrons. The van der Waals surface area contributed by atoms with Crippen LogP contribution in [0.15, 0.2) is 40.8 Å². The summed E-state index contributed by atoms with van der Waals surface area (Å²) >= 11 is 0. The van der Waals surface area contributed by atoms with Crippen LogP contribution in [-0.4, -0.2) is 4.92 Å². The Kier molecular flexibility index (Phi) is 3.91. The van der Waals surface area contributed by atoms with Gasteiger partial charge in [-0.15, -0.1) is 0 Å². The lowest BCUT2D eigenvalue weighted by Crippen LogP contribution is -2.17. The molecule has 0 aliphatic heterocycles. The summed E-state index contributed by atoms with van der Waals surface area (Å²) in [6, 6.07) is 9.04. The quantitative estimate of drug-likeness (QED) is 0.665. The van der Waals surface area contributed by atoms with Crippen molar-refractivity contribution in [3.8, 4) is 0 Å². The van der Waals surface area contributed by atoms with E-state index in [1.807, 2.05) is 6.92 Å². The molecule has 5 nitrogen and oxygen atoms in total. The number of nitrogens with zero attached hydrogens (tertiary/aromatic N) is 1. The first-order chi connectivity index (χ1) is 9.06. The van der Waals surface area contributed by atoms with Gasteiger partial charge in [0.15, 0.2) is 0 Å². The van der Waals surface area contributed by atoms with Gasteiger partial charge in [0.25, 0.3) is 0 Å². The van der Waals surface area contributed by atoms with Crippen molar-refractivity contribution in [3.05, 3.63) is 63.7 Å². The Labute approximate surface area is 109 Å². The zero-order valence-electron chi connectivity index (χ0n) is 10.3. The van der Waals surface area contributed by atoms with E-state index in [4.69, 9.17) is 4.42 Å². The van der Waals surface area contributed by atoms with E-state index in [-0.39, 0.29) is 17.7 Å². The van der Waals surface area contributed by atoms with Crippen molar-refractivity contribution in [2.24, 2.45) is 0 Å².